The van der Waals surface area contributed by atoms with Crippen molar-refractivity contribution in [3.8, 4) is 11.5 Å². The third-order valence-corrected chi connectivity index (χ3v) is 4.06. The molecule has 1 heterocycles. The first kappa shape index (κ1) is 17.4. The number of benzene rings is 1. The first-order valence-corrected chi connectivity index (χ1v) is 8.61. The van der Waals surface area contributed by atoms with Crippen LogP contribution in [0.1, 0.15) is 31.0 Å². The van der Waals surface area contributed by atoms with Crippen molar-refractivity contribution in [2.24, 2.45) is 0 Å². The highest BCUT2D eigenvalue weighted by Gasteiger charge is 2.21. The highest BCUT2D eigenvalue weighted by atomic mass is 32.1. The average Bonchev–Trinajstić information content (AvgIpc) is 3.37. The van der Waals surface area contributed by atoms with Crippen LogP contribution in [0.2, 0.25) is 0 Å². The second-order valence-electron chi connectivity index (χ2n) is 5.94. The van der Waals surface area contributed by atoms with Crippen LogP contribution in [0.4, 0.5) is 10.1 Å². The predicted octanol–water partition coefficient (Wildman–Crippen LogP) is 4.80. The number of anilines is 1. The number of aromatic nitrogens is 1. The molecule has 1 fully saturated rings. The van der Waals surface area contributed by atoms with Crippen molar-refractivity contribution in [3.63, 3.8) is 0 Å². The van der Waals surface area contributed by atoms with Gasteiger partial charge in [-0.2, -0.15) is 0 Å². The molecule has 0 atom stereocenters. The van der Waals surface area contributed by atoms with Crippen LogP contribution in [0.25, 0.3) is 6.08 Å². The number of nitrogens with zero attached hydrogens (tertiary/aromatic N) is 1. The number of ether oxygens (including phenoxy) is 1. The zero-order valence-electron chi connectivity index (χ0n) is 14.2. The third kappa shape index (κ3) is 4.54. The lowest BCUT2D eigenvalue weighted by molar-refractivity contribution is 0.439. The number of thiocarbonyl (C=S) groups is 1. The summed E-state index contributed by atoms with van der Waals surface area (Å²) in [6.07, 6.45) is 7.69. The minimum absolute atomic E-state index is 0.160. The number of hydrogen-bond donors (Lipinski definition) is 2. The normalized spacial score (nSPS) is 13.7. The molecule has 0 saturated heterocycles. The quantitative estimate of drug-likeness (QED) is 0.753. The lowest BCUT2D eigenvalue weighted by Crippen LogP contribution is -2.30. The molecule has 2 N–H and O–H groups in total. The van der Waals surface area contributed by atoms with Gasteiger partial charge in [-0.05, 0) is 63.2 Å². The molecular weight excluding hydrogens is 337 g/mol. The molecule has 25 heavy (non-hydrogen) atoms. The highest BCUT2D eigenvalue weighted by Crippen LogP contribution is 2.30. The molecule has 3 rings (SSSR count). The standard InChI is InChI=1S/C19H20FN3OS/c1-3-4-16-12(2)17(9-10-21-16)24-18-8-7-14(11-15(18)20)23-19(25)22-13-5-6-13/h3-4,7-11,13H,5-6H2,1-2H3,(H2,22,23,25)/b4-3-. The molecule has 1 aromatic heterocycles. The summed E-state index contributed by atoms with van der Waals surface area (Å²) in [6.45, 7) is 3.82. The van der Waals surface area contributed by atoms with Gasteiger partial charge in [-0.15, -0.1) is 0 Å². The van der Waals surface area contributed by atoms with Gasteiger partial charge in [0.15, 0.2) is 16.7 Å². The Morgan fingerprint density at radius 3 is 2.80 bits per heavy atom. The van der Waals surface area contributed by atoms with Crippen molar-refractivity contribution in [1.29, 1.82) is 0 Å². The maximum absolute atomic E-state index is 14.4. The Hall–Kier alpha value is -2.47. The zero-order chi connectivity index (χ0) is 17.8. The highest BCUT2D eigenvalue weighted by molar-refractivity contribution is 7.80. The first-order chi connectivity index (χ1) is 12.1. The van der Waals surface area contributed by atoms with Crippen LogP contribution in [0.15, 0.2) is 36.5 Å². The topological polar surface area (TPSA) is 46.2 Å². The third-order valence-electron chi connectivity index (χ3n) is 3.84. The van der Waals surface area contributed by atoms with Crippen LogP contribution >= 0.6 is 12.2 Å². The predicted molar refractivity (Wildman–Crippen MR) is 103 cm³/mol. The molecule has 2 aromatic rings. The molecule has 0 spiro atoms. The molecule has 0 amide bonds. The van der Waals surface area contributed by atoms with Crippen molar-refractivity contribution >= 4 is 29.1 Å². The SMILES string of the molecule is C/C=C\c1nccc(Oc2ccc(NC(=S)NC3CC3)cc2F)c1C. The van der Waals surface area contributed by atoms with Gasteiger partial charge < -0.3 is 15.4 Å². The van der Waals surface area contributed by atoms with Crippen LogP contribution in [0, 0.1) is 12.7 Å². The molecule has 130 valence electrons. The van der Waals surface area contributed by atoms with E-state index in [1.165, 1.54) is 6.07 Å². The van der Waals surface area contributed by atoms with Crippen LogP contribution in [-0.4, -0.2) is 16.1 Å². The van der Waals surface area contributed by atoms with Crippen molar-refractivity contribution in [2.45, 2.75) is 32.7 Å². The summed E-state index contributed by atoms with van der Waals surface area (Å²) in [5.74, 6) is 0.281. The Morgan fingerprint density at radius 1 is 1.32 bits per heavy atom. The zero-order valence-corrected chi connectivity index (χ0v) is 15.0. The number of halogens is 1. The summed E-state index contributed by atoms with van der Waals surface area (Å²) >= 11 is 5.20. The number of allylic oxidation sites excluding steroid dienone is 1. The van der Waals surface area contributed by atoms with Gasteiger partial charge in [-0.3, -0.25) is 4.98 Å². The number of nitrogens with one attached hydrogen (secondary N) is 2. The summed E-state index contributed by atoms with van der Waals surface area (Å²) < 4.78 is 20.1. The molecule has 1 aliphatic rings. The number of pyridine rings is 1. The van der Waals surface area contributed by atoms with Crippen molar-refractivity contribution in [1.82, 2.24) is 10.3 Å². The molecule has 1 saturated carbocycles. The Labute approximate surface area is 152 Å². The maximum atomic E-state index is 14.4. The average molecular weight is 357 g/mol. The Morgan fingerprint density at radius 2 is 2.12 bits per heavy atom. The fourth-order valence-corrected chi connectivity index (χ4v) is 2.61. The van der Waals surface area contributed by atoms with Gasteiger partial charge in [-0.1, -0.05) is 6.08 Å². The van der Waals surface area contributed by atoms with Crippen LogP contribution in [0.3, 0.4) is 0 Å². The van der Waals surface area contributed by atoms with Gasteiger partial charge in [0.1, 0.15) is 5.75 Å². The second-order valence-corrected chi connectivity index (χ2v) is 6.35. The van der Waals surface area contributed by atoms with Crippen LogP contribution in [-0.2, 0) is 0 Å². The Balaban J connectivity index is 1.73. The Kier molecular flexibility index (Phi) is 5.28. The lowest BCUT2D eigenvalue weighted by Gasteiger charge is -2.13. The van der Waals surface area contributed by atoms with E-state index in [-0.39, 0.29) is 5.75 Å². The maximum Gasteiger partial charge on any atom is 0.170 e. The van der Waals surface area contributed by atoms with E-state index in [2.05, 4.69) is 15.6 Å². The second kappa shape index (κ2) is 7.61. The summed E-state index contributed by atoms with van der Waals surface area (Å²) in [5, 5.41) is 6.65. The summed E-state index contributed by atoms with van der Waals surface area (Å²) in [6, 6.07) is 6.88. The molecule has 0 aliphatic heterocycles. The van der Waals surface area contributed by atoms with Crippen molar-refractivity contribution < 1.29 is 9.13 Å². The summed E-state index contributed by atoms with van der Waals surface area (Å²) in [4.78, 5) is 4.28. The first-order valence-electron chi connectivity index (χ1n) is 8.20. The van der Waals surface area contributed by atoms with Crippen LogP contribution < -0.4 is 15.4 Å². The van der Waals surface area contributed by atoms with E-state index in [1.807, 2.05) is 26.0 Å². The molecule has 1 aromatic carbocycles. The van der Waals surface area contributed by atoms with Crippen molar-refractivity contribution in [3.05, 3.63) is 53.6 Å². The molecule has 6 heteroatoms. The van der Waals surface area contributed by atoms with Crippen molar-refractivity contribution in [2.75, 3.05) is 5.32 Å². The fourth-order valence-electron chi connectivity index (χ4n) is 2.33. The van der Waals surface area contributed by atoms with E-state index < -0.39 is 5.82 Å². The number of rotatable bonds is 5. The monoisotopic (exact) mass is 357 g/mol. The minimum Gasteiger partial charge on any atom is -0.454 e. The van der Waals surface area contributed by atoms with Gasteiger partial charge in [0.25, 0.3) is 0 Å². The molecule has 0 bridgehead atoms. The smallest absolute Gasteiger partial charge is 0.170 e. The molecule has 0 unspecified atom stereocenters. The fraction of sp³-hybridized carbons (Fsp3) is 0.263. The minimum atomic E-state index is -0.456. The van der Waals surface area contributed by atoms with Gasteiger partial charge in [0, 0.05) is 29.6 Å². The van der Waals surface area contributed by atoms with Gasteiger partial charge in [0.2, 0.25) is 0 Å². The van der Waals surface area contributed by atoms with Crippen LogP contribution in [0.5, 0.6) is 11.5 Å². The largest absolute Gasteiger partial charge is 0.454 e. The van der Waals surface area contributed by atoms with Gasteiger partial charge in [-0.25, -0.2) is 4.39 Å². The van der Waals surface area contributed by atoms with E-state index in [0.29, 0.717) is 22.6 Å². The molecular formula is C19H20FN3OS. The number of hydrogen-bond acceptors (Lipinski definition) is 3. The summed E-state index contributed by atoms with van der Waals surface area (Å²) in [7, 11) is 0. The molecule has 0 radical (unpaired) electrons. The van der Waals surface area contributed by atoms with E-state index in [9.17, 15) is 4.39 Å². The lowest BCUT2D eigenvalue weighted by atomic mass is 10.2. The molecule has 1 aliphatic carbocycles. The van der Waals surface area contributed by atoms with Gasteiger partial charge in [0.05, 0.1) is 5.69 Å². The summed E-state index contributed by atoms with van der Waals surface area (Å²) in [5.41, 5.74) is 2.25. The Bertz CT molecular complexity index is 818. The molecule has 4 nitrogen and oxygen atoms in total. The van der Waals surface area contributed by atoms with E-state index in [4.69, 9.17) is 17.0 Å². The van der Waals surface area contributed by atoms with E-state index in [0.717, 1.165) is 24.1 Å². The van der Waals surface area contributed by atoms with Gasteiger partial charge >= 0.3 is 0 Å². The van der Waals surface area contributed by atoms with E-state index in [1.54, 1.807) is 24.4 Å². The van der Waals surface area contributed by atoms with E-state index >= 15 is 0 Å².